The maximum Gasteiger partial charge on any atom is 0.126 e. The summed E-state index contributed by atoms with van der Waals surface area (Å²) in [5, 5.41) is 8.36. The van der Waals surface area contributed by atoms with Gasteiger partial charge in [0.15, 0.2) is 0 Å². The Labute approximate surface area is 54.6 Å². The zero-order valence-corrected chi connectivity index (χ0v) is 4.96. The molecule has 1 rings (SSSR count). The summed E-state index contributed by atoms with van der Waals surface area (Å²) in [6.45, 7) is 3.69. The van der Waals surface area contributed by atoms with Gasteiger partial charge in [-0.05, 0) is 0 Å². The van der Waals surface area contributed by atoms with E-state index in [1.165, 1.54) is 0 Å². The summed E-state index contributed by atoms with van der Waals surface area (Å²) in [6.07, 6.45) is 0. The molecule has 9 heavy (non-hydrogen) atoms. The third-order valence-corrected chi connectivity index (χ3v) is 1.08. The Morgan fingerprint density at radius 2 is 1.78 bits per heavy atom. The average Bonchev–Trinajstić information content (AvgIpc) is 1.90. The maximum atomic E-state index is 8.36. The van der Waals surface area contributed by atoms with Crippen LogP contribution in [0.3, 0.4) is 0 Å². The number of hydrogen-bond acceptors (Lipinski definition) is 1. The van der Waals surface area contributed by atoms with Gasteiger partial charge in [0, 0.05) is 31.2 Å². The number of nitrogens with zero attached hydrogens (tertiary/aromatic N) is 1. The van der Waals surface area contributed by atoms with Gasteiger partial charge < -0.3 is 0 Å². The summed E-state index contributed by atoms with van der Waals surface area (Å²) in [5.41, 5.74) is 1.62. The van der Waals surface area contributed by atoms with Crippen molar-refractivity contribution in [1.29, 1.82) is 5.26 Å². The van der Waals surface area contributed by atoms with Gasteiger partial charge in [0.2, 0.25) is 0 Å². The molecule has 1 aromatic rings. The summed E-state index contributed by atoms with van der Waals surface area (Å²) < 4.78 is 0. The fraction of sp³-hybridized carbons (Fsp3) is 0. The minimum absolute atomic E-state index is 0.683. The van der Waals surface area contributed by atoms with E-state index in [0.29, 0.717) is 5.56 Å². The normalized spacial score (nSPS) is 8.33. The Morgan fingerprint density at radius 3 is 2.22 bits per heavy atom. The predicted molar refractivity (Wildman–Crippen MR) is 35.6 cm³/mol. The van der Waals surface area contributed by atoms with Crippen molar-refractivity contribution in [3.05, 3.63) is 42.3 Å². The van der Waals surface area contributed by atoms with Crippen LogP contribution < -0.4 is 0 Å². The van der Waals surface area contributed by atoms with Crippen molar-refractivity contribution >= 4 is 0 Å². The summed E-state index contributed by atoms with van der Waals surface area (Å²) in [6, 6.07) is 9.17. The van der Waals surface area contributed by atoms with Gasteiger partial charge in [0.25, 0.3) is 0 Å². The molecular formula is C8H6N+. The van der Waals surface area contributed by atoms with E-state index >= 15 is 0 Å². The molecule has 1 aromatic carbocycles. The van der Waals surface area contributed by atoms with Gasteiger partial charge in [-0.1, -0.05) is 0 Å². The second kappa shape index (κ2) is 2.23. The van der Waals surface area contributed by atoms with Gasteiger partial charge in [-0.15, -0.1) is 0 Å². The molecule has 0 spiro atoms. The van der Waals surface area contributed by atoms with Crippen molar-refractivity contribution in [1.82, 2.24) is 0 Å². The van der Waals surface area contributed by atoms with Gasteiger partial charge in [0.1, 0.15) is 11.6 Å². The highest BCUT2D eigenvalue weighted by molar-refractivity contribution is 5.32. The molecule has 0 aliphatic carbocycles. The first-order chi connectivity index (χ1) is 4.33. The van der Waals surface area contributed by atoms with E-state index in [1.54, 1.807) is 12.1 Å². The molecule has 0 saturated carbocycles. The molecule has 1 nitrogen and oxygen atoms in total. The molecule has 0 fully saturated rings. The first kappa shape index (κ1) is 5.71. The minimum atomic E-state index is 0.683. The van der Waals surface area contributed by atoms with Crippen LogP contribution in [0.15, 0.2) is 24.3 Å². The molecule has 0 amide bonds. The second-order valence-corrected chi connectivity index (χ2v) is 1.81. The highest BCUT2D eigenvalue weighted by Crippen LogP contribution is 1.99. The van der Waals surface area contributed by atoms with Crippen molar-refractivity contribution in [2.24, 2.45) is 0 Å². The topological polar surface area (TPSA) is 23.8 Å². The summed E-state index contributed by atoms with van der Waals surface area (Å²) in [4.78, 5) is 0. The SMILES string of the molecule is [CH2+]c1ccc(C#N)cc1. The van der Waals surface area contributed by atoms with Crippen LogP contribution in [0.25, 0.3) is 0 Å². The molecule has 0 saturated heterocycles. The van der Waals surface area contributed by atoms with E-state index in [4.69, 9.17) is 5.26 Å². The van der Waals surface area contributed by atoms with Gasteiger partial charge >= 0.3 is 0 Å². The largest absolute Gasteiger partial charge is 0.192 e. The molecule has 0 unspecified atom stereocenters. The fourth-order valence-corrected chi connectivity index (χ4v) is 0.579. The van der Waals surface area contributed by atoms with E-state index in [1.807, 2.05) is 18.2 Å². The van der Waals surface area contributed by atoms with E-state index in [2.05, 4.69) is 6.92 Å². The van der Waals surface area contributed by atoms with E-state index in [9.17, 15) is 0 Å². The Morgan fingerprint density at radius 1 is 1.22 bits per heavy atom. The average molecular weight is 116 g/mol. The molecule has 0 bridgehead atoms. The molecule has 0 aromatic heterocycles. The van der Waals surface area contributed by atoms with E-state index in [0.717, 1.165) is 5.56 Å². The van der Waals surface area contributed by atoms with Gasteiger partial charge in [-0.3, -0.25) is 0 Å². The summed E-state index contributed by atoms with van der Waals surface area (Å²) in [5.74, 6) is 0. The van der Waals surface area contributed by atoms with Gasteiger partial charge in [-0.2, -0.15) is 5.26 Å². The summed E-state index contributed by atoms with van der Waals surface area (Å²) in [7, 11) is 0. The van der Waals surface area contributed by atoms with Gasteiger partial charge in [0.05, 0.1) is 5.56 Å². The quantitative estimate of drug-likeness (QED) is 0.473. The monoisotopic (exact) mass is 116 g/mol. The molecule has 0 atom stereocenters. The number of rotatable bonds is 0. The predicted octanol–water partition coefficient (Wildman–Crippen LogP) is 1.74. The molecule has 42 valence electrons. The standard InChI is InChI=1S/C8H6N/c1-7-2-4-8(6-9)5-3-7/h2-5H,1H2/q+1. The molecule has 0 N–H and O–H groups in total. The lowest BCUT2D eigenvalue weighted by molar-refractivity contribution is 1.47. The summed E-state index contributed by atoms with van der Waals surface area (Å²) >= 11 is 0. The van der Waals surface area contributed by atoms with Crippen molar-refractivity contribution in [3.8, 4) is 6.07 Å². The lowest BCUT2D eigenvalue weighted by atomic mass is 10.2. The first-order valence-corrected chi connectivity index (χ1v) is 2.65. The zero-order valence-electron chi connectivity index (χ0n) is 4.96. The van der Waals surface area contributed by atoms with Crippen molar-refractivity contribution in [2.75, 3.05) is 0 Å². The number of benzene rings is 1. The van der Waals surface area contributed by atoms with Crippen molar-refractivity contribution < 1.29 is 0 Å². The number of nitriles is 1. The molecule has 0 aliphatic rings. The highest BCUT2D eigenvalue weighted by atomic mass is 14.2. The molecule has 1 heteroatoms. The van der Waals surface area contributed by atoms with Crippen LogP contribution in [-0.2, 0) is 0 Å². The smallest absolute Gasteiger partial charge is 0.126 e. The van der Waals surface area contributed by atoms with Crippen LogP contribution in [0.5, 0.6) is 0 Å². The minimum Gasteiger partial charge on any atom is -0.192 e. The van der Waals surface area contributed by atoms with Crippen LogP contribution >= 0.6 is 0 Å². The Hall–Kier alpha value is -1.42. The van der Waals surface area contributed by atoms with Crippen molar-refractivity contribution in [3.63, 3.8) is 0 Å². The van der Waals surface area contributed by atoms with Crippen LogP contribution in [0, 0.1) is 18.3 Å². The van der Waals surface area contributed by atoms with Gasteiger partial charge in [-0.25, -0.2) is 0 Å². The van der Waals surface area contributed by atoms with Crippen LogP contribution in [0.1, 0.15) is 11.1 Å². The maximum absolute atomic E-state index is 8.36. The Balaban J connectivity index is 3.06. The third-order valence-electron chi connectivity index (χ3n) is 1.08. The third kappa shape index (κ3) is 1.23. The van der Waals surface area contributed by atoms with E-state index in [-0.39, 0.29) is 0 Å². The number of hydrogen-bond donors (Lipinski definition) is 0. The molecular weight excluding hydrogens is 110 g/mol. The second-order valence-electron chi connectivity index (χ2n) is 1.81. The highest BCUT2D eigenvalue weighted by Gasteiger charge is 1.92. The Kier molecular flexibility index (Phi) is 1.42. The fourth-order valence-electron chi connectivity index (χ4n) is 0.579. The first-order valence-electron chi connectivity index (χ1n) is 2.65. The van der Waals surface area contributed by atoms with Crippen molar-refractivity contribution in [2.45, 2.75) is 0 Å². The van der Waals surface area contributed by atoms with Crippen LogP contribution in [0.2, 0.25) is 0 Å². The lowest BCUT2D eigenvalue weighted by Crippen LogP contribution is -1.72. The molecule has 0 radical (unpaired) electrons. The lowest BCUT2D eigenvalue weighted by Gasteiger charge is -1.79. The molecule has 0 aliphatic heterocycles. The van der Waals surface area contributed by atoms with E-state index < -0.39 is 0 Å². The molecule has 0 heterocycles. The Bertz CT molecular complexity index is 228. The van der Waals surface area contributed by atoms with Crippen LogP contribution in [0.4, 0.5) is 0 Å². The zero-order chi connectivity index (χ0) is 6.69. The van der Waals surface area contributed by atoms with Crippen LogP contribution in [-0.4, -0.2) is 0 Å².